The zero-order valence-corrected chi connectivity index (χ0v) is 15.9. The minimum atomic E-state index is -0.539. The van der Waals surface area contributed by atoms with Crippen molar-refractivity contribution < 1.29 is 9.72 Å². The standard InChI is InChI=1S/C19H22ClN3O3/c1-12(21-14-7-5-13(6-8-14)19(2,3)4)18(24)22-17-10-9-15(23(25)26)11-16(17)20/h5-12,21H,1-4H3,(H,22,24)/t12-/m0/s1. The number of nitrogens with one attached hydrogen (secondary N) is 2. The lowest BCUT2D eigenvalue weighted by atomic mass is 9.87. The zero-order valence-electron chi connectivity index (χ0n) is 15.2. The zero-order chi connectivity index (χ0) is 19.5. The Bertz CT molecular complexity index is 814. The summed E-state index contributed by atoms with van der Waals surface area (Å²) in [7, 11) is 0. The molecule has 2 N–H and O–H groups in total. The number of non-ortho nitro benzene ring substituents is 1. The van der Waals surface area contributed by atoms with Crippen molar-refractivity contribution in [2.75, 3.05) is 10.6 Å². The Morgan fingerprint density at radius 3 is 2.27 bits per heavy atom. The van der Waals surface area contributed by atoms with E-state index in [1.165, 1.54) is 23.8 Å². The van der Waals surface area contributed by atoms with Crippen molar-refractivity contribution in [3.63, 3.8) is 0 Å². The van der Waals surface area contributed by atoms with E-state index in [-0.39, 0.29) is 22.0 Å². The minimum absolute atomic E-state index is 0.0637. The highest BCUT2D eigenvalue weighted by molar-refractivity contribution is 6.34. The summed E-state index contributed by atoms with van der Waals surface area (Å²) in [5.41, 5.74) is 2.30. The molecule has 0 saturated carbocycles. The lowest BCUT2D eigenvalue weighted by Gasteiger charge is -2.20. The van der Waals surface area contributed by atoms with Gasteiger partial charge in [0.1, 0.15) is 6.04 Å². The number of halogens is 1. The number of rotatable bonds is 5. The van der Waals surface area contributed by atoms with Crippen molar-refractivity contribution in [2.24, 2.45) is 0 Å². The van der Waals surface area contributed by atoms with E-state index in [9.17, 15) is 14.9 Å². The van der Waals surface area contributed by atoms with Crippen molar-refractivity contribution in [1.29, 1.82) is 0 Å². The number of hydrogen-bond acceptors (Lipinski definition) is 4. The summed E-state index contributed by atoms with van der Waals surface area (Å²) in [4.78, 5) is 22.5. The quantitative estimate of drug-likeness (QED) is 0.569. The molecular weight excluding hydrogens is 354 g/mol. The molecule has 0 spiro atoms. The van der Waals surface area contributed by atoms with Gasteiger partial charge in [0, 0.05) is 17.8 Å². The van der Waals surface area contributed by atoms with Crippen molar-refractivity contribution in [2.45, 2.75) is 39.2 Å². The van der Waals surface area contributed by atoms with Crippen LogP contribution >= 0.6 is 11.6 Å². The molecule has 0 bridgehead atoms. The molecule has 26 heavy (non-hydrogen) atoms. The molecule has 0 aliphatic heterocycles. The molecule has 0 saturated heterocycles. The van der Waals surface area contributed by atoms with Gasteiger partial charge >= 0.3 is 0 Å². The number of carbonyl (C=O) groups is 1. The number of carbonyl (C=O) groups excluding carboxylic acids is 1. The number of nitro benzene ring substituents is 1. The SMILES string of the molecule is C[C@H](Nc1ccc(C(C)(C)C)cc1)C(=O)Nc1ccc([N+](=O)[O-])cc1Cl. The van der Waals surface area contributed by atoms with Crippen LogP contribution in [0.4, 0.5) is 17.1 Å². The van der Waals surface area contributed by atoms with Gasteiger partial charge in [-0.25, -0.2) is 0 Å². The molecule has 0 fully saturated rings. The fourth-order valence-corrected chi connectivity index (χ4v) is 2.56. The van der Waals surface area contributed by atoms with Crippen LogP contribution in [-0.4, -0.2) is 16.9 Å². The Kier molecular flexibility index (Phi) is 5.87. The van der Waals surface area contributed by atoms with E-state index in [0.717, 1.165) is 5.69 Å². The van der Waals surface area contributed by atoms with Gasteiger partial charge in [-0.2, -0.15) is 0 Å². The van der Waals surface area contributed by atoms with E-state index in [2.05, 4.69) is 31.4 Å². The van der Waals surface area contributed by atoms with Crippen LogP contribution in [-0.2, 0) is 10.2 Å². The van der Waals surface area contributed by atoms with E-state index >= 15 is 0 Å². The van der Waals surface area contributed by atoms with Crippen LogP contribution in [0, 0.1) is 10.1 Å². The second-order valence-corrected chi connectivity index (χ2v) is 7.51. The third-order valence-corrected chi connectivity index (χ3v) is 4.26. The summed E-state index contributed by atoms with van der Waals surface area (Å²) >= 11 is 6.00. The van der Waals surface area contributed by atoms with Crippen LogP contribution in [0.3, 0.4) is 0 Å². The van der Waals surface area contributed by atoms with Crippen LogP contribution < -0.4 is 10.6 Å². The molecule has 0 unspecified atom stereocenters. The molecule has 0 aliphatic rings. The van der Waals surface area contributed by atoms with E-state index in [0.29, 0.717) is 5.69 Å². The number of anilines is 2. The first kappa shape index (κ1) is 19.7. The summed E-state index contributed by atoms with van der Waals surface area (Å²) in [6.45, 7) is 8.14. The molecule has 2 aromatic rings. The van der Waals surface area contributed by atoms with Crippen LogP contribution in [0.2, 0.25) is 5.02 Å². The minimum Gasteiger partial charge on any atom is -0.374 e. The predicted octanol–water partition coefficient (Wildman–Crippen LogP) is 4.98. The third-order valence-electron chi connectivity index (χ3n) is 3.95. The molecule has 7 heteroatoms. The topological polar surface area (TPSA) is 84.3 Å². The highest BCUT2D eigenvalue weighted by Gasteiger charge is 2.17. The summed E-state index contributed by atoms with van der Waals surface area (Å²) in [6, 6.07) is 11.3. The second-order valence-electron chi connectivity index (χ2n) is 7.10. The second kappa shape index (κ2) is 7.74. The molecule has 6 nitrogen and oxygen atoms in total. The number of hydrogen-bond donors (Lipinski definition) is 2. The summed E-state index contributed by atoms with van der Waals surface area (Å²) in [6.07, 6.45) is 0. The van der Waals surface area contributed by atoms with Crippen molar-refractivity contribution in [3.05, 3.63) is 63.2 Å². The molecule has 1 amide bonds. The van der Waals surface area contributed by atoms with E-state index in [4.69, 9.17) is 11.6 Å². The maximum atomic E-state index is 12.3. The van der Waals surface area contributed by atoms with Gasteiger partial charge in [-0.3, -0.25) is 14.9 Å². The summed E-state index contributed by atoms with van der Waals surface area (Å²) in [5.74, 6) is -0.291. The van der Waals surface area contributed by atoms with Gasteiger partial charge in [0.25, 0.3) is 5.69 Å². The maximum absolute atomic E-state index is 12.3. The van der Waals surface area contributed by atoms with Gasteiger partial charge in [-0.15, -0.1) is 0 Å². The first-order valence-electron chi connectivity index (χ1n) is 8.20. The lowest BCUT2D eigenvalue weighted by Crippen LogP contribution is -2.32. The van der Waals surface area contributed by atoms with Crippen molar-refractivity contribution in [1.82, 2.24) is 0 Å². The Hall–Kier alpha value is -2.60. The molecule has 138 valence electrons. The third kappa shape index (κ3) is 4.95. The van der Waals surface area contributed by atoms with Crippen LogP contribution in [0.1, 0.15) is 33.3 Å². The van der Waals surface area contributed by atoms with Gasteiger partial charge in [-0.05, 0) is 36.1 Å². The average Bonchev–Trinajstić information content (AvgIpc) is 2.56. The Morgan fingerprint density at radius 1 is 1.15 bits per heavy atom. The highest BCUT2D eigenvalue weighted by Crippen LogP contribution is 2.27. The number of nitro groups is 1. The van der Waals surface area contributed by atoms with Gasteiger partial charge in [0.2, 0.25) is 5.91 Å². The van der Waals surface area contributed by atoms with E-state index < -0.39 is 11.0 Å². The Labute approximate surface area is 157 Å². The first-order valence-corrected chi connectivity index (χ1v) is 8.57. The highest BCUT2D eigenvalue weighted by atomic mass is 35.5. The normalized spacial score (nSPS) is 12.3. The van der Waals surface area contributed by atoms with E-state index in [1.54, 1.807) is 6.92 Å². The van der Waals surface area contributed by atoms with Gasteiger partial charge in [0.05, 0.1) is 15.6 Å². The molecule has 0 radical (unpaired) electrons. The van der Waals surface area contributed by atoms with Crippen LogP contribution in [0.25, 0.3) is 0 Å². The van der Waals surface area contributed by atoms with Crippen LogP contribution in [0.5, 0.6) is 0 Å². The smallest absolute Gasteiger partial charge is 0.271 e. The molecule has 0 heterocycles. The Balaban J connectivity index is 2.02. The fourth-order valence-electron chi connectivity index (χ4n) is 2.34. The average molecular weight is 376 g/mol. The first-order chi connectivity index (χ1) is 12.1. The number of amides is 1. The fraction of sp³-hybridized carbons (Fsp3) is 0.316. The maximum Gasteiger partial charge on any atom is 0.271 e. The largest absolute Gasteiger partial charge is 0.374 e. The lowest BCUT2D eigenvalue weighted by molar-refractivity contribution is -0.384. The molecular formula is C19H22ClN3O3. The molecule has 1 atom stereocenters. The van der Waals surface area contributed by atoms with Gasteiger partial charge in [0.15, 0.2) is 0 Å². The van der Waals surface area contributed by atoms with Crippen molar-refractivity contribution >= 4 is 34.6 Å². The number of nitrogens with zero attached hydrogens (tertiary/aromatic N) is 1. The molecule has 2 rings (SSSR count). The Morgan fingerprint density at radius 2 is 1.77 bits per heavy atom. The molecule has 0 aromatic heterocycles. The van der Waals surface area contributed by atoms with Crippen LogP contribution in [0.15, 0.2) is 42.5 Å². The molecule has 0 aliphatic carbocycles. The van der Waals surface area contributed by atoms with Gasteiger partial charge in [-0.1, -0.05) is 44.5 Å². The summed E-state index contributed by atoms with van der Waals surface area (Å²) < 4.78 is 0. The summed E-state index contributed by atoms with van der Waals surface area (Å²) in [5, 5.41) is 16.7. The van der Waals surface area contributed by atoms with E-state index in [1.807, 2.05) is 24.3 Å². The predicted molar refractivity (Wildman–Crippen MR) is 105 cm³/mol. The van der Waals surface area contributed by atoms with Gasteiger partial charge < -0.3 is 10.6 Å². The number of benzene rings is 2. The monoisotopic (exact) mass is 375 g/mol. The van der Waals surface area contributed by atoms with Crippen molar-refractivity contribution in [3.8, 4) is 0 Å². The molecule has 2 aromatic carbocycles.